The lowest BCUT2D eigenvalue weighted by Gasteiger charge is -2.31. The Morgan fingerprint density at radius 2 is 1.75 bits per heavy atom. The van der Waals surface area contributed by atoms with E-state index in [9.17, 15) is 9.59 Å². The number of carbonyl (C=O) groups is 2. The van der Waals surface area contributed by atoms with Crippen molar-refractivity contribution in [3.05, 3.63) is 29.8 Å². The maximum absolute atomic E-state index is 13.0. The zero-order valence-electron chi connectivity index (χ0n) is 15.0. The molecule has 0 aliphatic carbocycles. The molecule has 1 heterocycles. The molecule has 1 aliphatic rings. The van der Waals surface area contributed by atoms with Crippen LogP contribution in [0.15, 0.2) is 24.3 Å². The average molecular weight is 333 g/mol. The van der Waals surface area contributed by atoms with E-state index in [1.807, 2.05) is 45.0 Å². The smallest absolute Gasteiger partial charge is 0.230 e. The molecule has 1 atom stereocenters. The number of benzene rings is 1. The number of carbonyl (C=O) groups excluding carboxylic acids is 2. The fourth-order valence-electron chi connectivity index (χ4n) is 2.68. The third kappa shape index (κ3) is 4.57. The van der Waals surface area contributed by atoms with Crippen molar-refractivity contribution in [1.29, 1.82) is 0 Å². The van der Waals surface area contributed by atoms with Crippen LogP contribution in [-0.2, 0) is 14.3 Å². The fourth-order valence-corrected chi connectivity index (χ4v) is 2.68. The largest absolute Gasteiger partial charge is 0.497 e. The molecule has 0 unspecified atom stereocenters. The Bertz CT molecular complexity index is 568. The van der Waals surface area contributed by atoms with Gasteiger partial charge in [0.15, 0.2) is 0 Å². The second kappa shape index (κ2) is 7.79. The monoisotopic (exact) mass is 333 g/mol. The van der Waals surface area contributed by atoms with Gasteiger partial charge in [0.05, 0.1) is 26.2 Å². The number of Topliss-reactive ketones (excluding diaryl/α,β-unsaturated/α-hetero) is 1. The Morgan fingerprint density at radius 3 is 2.25 bits per heavy atom. The SMILES string of the molecule is COc1ccc([C@@H](CC(=O)C(C)(C)C)C(=O)N2CCOCC2)cc1. The predicted octanol–water partition coefficient (Wildman–Crippen LogP) is 2.64. The van der Waals surface area contributed by atoms with E-state index in [-0.39, 0.29) is 18.1 Å². The minimum absolute atomic E-state index is 0.000988. The quantitative estimate of drug-likeness (QED) is 0.831. The van der Waals surface area contributed by atoms with E-state index in [2.05, 4.69) is 0 Å². The summed E-state index contributed by atoms with van der Waals surface area (Å²) in [7, 11) is 1.61. The van der Waals surface area contributed by atoms with Gasteiger partial charge in [-0.05, 0) is 17.7 Å². The minimum Gasteiger partial charge on any atom is -0.497 e. The highest BCUT2D eigenvalue weighted by Crippen LogP contribution is 2.29. The van der Waals surface area contributed by atoms with Gasteiger partial charge in [-0.25, -0.2) is 0 Å². The van der Waals surface area contributed by atoms with Crippen LogP contribution in [0.3, 0.4) is 0 Å². The third-order valence-electron chi connectivity index (χ3n) is 4.37. The van der Waals surface area contributed by atoms with Crippen molar-refractivity contribution in [3.63, 3.8) is 0 Å². The van der Waals surface area contributed by atoms with E-state index >= 15 is 0 Å². The molecule has 24 heavy (non-hydrogen) atoms. The average Bonchev–Trinajstić information content (AvgIpc) is 2.59. The number of rotatable bonds is 5. The number of amides is 1. The summed E-state index contributed by atoms with van der Waals surface area (Å²) in [6.07, 6.45) is 0.214. The normalized spacial score (nSPS) is 16.6. The standard InChI is InChI=1S/C19H27NO4/c1-19(2,3)17(21)13-16(14-5-7-15(23-4)8-6-14)18(22)20-9-11-24-12-10-20/h5-8,16H,9-13H2,1-4H3/t16-/m1/s1. The van der Waals surface area contributed by atoms with Gasteiger partial charge in [0.25, 0.3) is 0 Å². The molecule has 1 fully saturated rings. The number of ether oxygens (including phenoxy) is 2. The molecule has 0 radical (unpaired) electrons. The lowest BCUT2D eigenvalue weighted by atomic mass is 9.82. The summed E-state index contributed by atoms with van der Waals surface area (Å²) >= 11 is 0. The van der Waals surface area contributed by atoms with Crippen molar-refractivity contribution in [3.8, 4) is 5.75 Å². The van der Waals surface area contributed by atoms with Gasteiger partial charge in [0.2, 0.25) is 5.91 Å². The van der Waals surface area contributed by atoms with E-state index in [0.29, 0.717) is 26.3 Å². The maximum Gasteiger partial charge on any atom is 0.230 e. The van der Waals surface area contributed by atoms with Gasteiger partial charge >= 0.3 is 0 Å². The van der Waals surface area contributed by atoms with E-state index in [1.54, 1.807) is 12.0 Å². The molecule has 0 N–H and O–H groups in total. The summed E-state index contributed by atoms with van der Waals surface area (Å²) in [5, 5.41) is 0. The van der Waals surface area contributed by atoms with E-state index in [4.69, 9.17) is 9.47 Å². The first-order valence-electron chi connectivity index (χ1n) is 8.36. The molecule has 1 aliphatic heterocycles. The molecule has 0 spiro atoms. The Kier molecular flexibility index (Phi) is 5.99. The summed E-state index contributed by atoms with van der Waals surface area (Å²) in [5.41, 5.74) is 0.389. The Balaban J connectivity index is 2.25. The first kappa shape index (κ1) is 18.5. The zero-order valence-corrected chi connectivity index (χ0v) is 15.0. The molecule has 5 nitrogen and oxygen atoms in total. The van der Waals surface area contributed by atoms with Gasteiger partial charge in [-0.3, -0.25) is 9.59 Å². The Hall–Kier alpha value is -1.88. The van der Waals surface area contributed by atoms with Crippen LogP contribution in [0, 0.1) is 5.41 Å². The Morgan fingerprint density at radius 1 is 1.17 bits per heavy atom. The van der Waals surface area contributed by atoms with E-state index in [1.165, 1.54) is 0 Å². The van der Waals surface area contributed by atoms with Crippen molar-refractivity contribution in [2.24, 2.45) is 5.41 Å². The molecule has 0 saturated carbocycles. The predicted molar refractivity (Wildman–Crippen MR) is 92.2 cm³/mol. The van der Waals surface area contributed by atoms with Crippen LogP contribution in [0.2, 0.25) is 0 Å². The first-order chi connectivity index (χ1) is 11.3. The summed E-state index contributed by atoms with van der Waals surface area (Å²) < 4.78 is 10.5. The molecule has 0 aromatic heterocycles. The van der Waals surface area contributed by atoms with Crippen molar-refractivity contribution in [2.45, 2.75) is 33.1 Å². The second-order valence-electron chi connectivity index (χ2n) is 7.14. The molecular weight excluding hydrogens is 306 g/mol. The third-order valence-corrected chi connectivity index (χ3v) is 4.37. The number of hydrogen-bond acceptors (Lipinski definition) is 4. The molecule has 5 heteroatoms. The number of nitrogens with zero attached hydrogens (tertiary/aromatic N) is 1. The summed E-state index contributed by atoms with van der Waals surface area (Å²) in [6, 6.07) is 7.41. The number of hydrogen-bond donors (Lipinski definition) is 0. The zero-order chi connectivity index (χ0) is 17.7. The van der Waals surface area contributed by atoms with Crippen LogP contribution >= 0.6 is 0 Å². The van der Waals surface area contributed by atoms with Gasteiger partial charge in [0, 0.05) is 24.9 Å². The van der Waals surface area contributed by atoms with Crippen molar-refractivity contribution in [1.82, 2.24) is 4.90 Å². The molecule has 1 aromatic carbocycles. The van der Waals surface area contributed by atoms with Crippen LogP contribution in [0.5, 0.6) is 5.75 Å². The lowest BCUT2D eigenvalue weighted by Crippen LogP contribution is -2.43. The van der Waals surface area contributed by atoms with Crippen molar-refractivity contribution < 1.29 is 19.1 Å². The van der Waals surface area contributed by atoms with Gasteiger partial charge in [-0.1, -0.05) is 32.9 Å². The highest BCUT2D eigenvalue weighted by molar-refractivity contribution is 5.92. The van der Waals surface area contributed by atoms with Gasteiger partial charge < -0.3 is 14.4 Å². The summed E-state index contributed by atoms with van der Waals surface area (Å²) in [4.78, 5) is 27.3. The molecule has 1 saturated heterocycles. The summed E-state index contributed by atoms with van der Waals surface area (Å²) in [5.74, 6) is 0.366. The molecular formula is C19H27NO4. The topological polar surface area (TPSA) is 55.8 Å². The highest BCUT2D eigenvalue weighted by Gasteiger charge is 2.32. The molecule has 1 aromatic rings. The number of ketones is 1. The Labute approximate surface area is 143 Å². The van der Waals surface area contributed by atoms with Crippen LogP contribution in [0.1, 0.15) is 38.7 Å². The van der Waals surface area contributed by atoms with Gasteiger partial charge in [-0.2, -0.15) is 0 Å². The van der Waals surface area contributed by atoms with Crippen molar-refractivity contribution >= 4 is 11.7 Å². The fraction of sp³-hybridized carbons (Fsp3) is 0.579. The second-order valence-corrected chi connectivity index (χ2v) is 7.14. The minimum atomic E-state index is -0.462. The highest BCUT2D eigenvalue weighted by atomic mass is 16.5. The molecule has 0 bridgehead atoms. The van der Waals surface area contributed by atoms with Gasteiger partial charge in [0.1, 0.15) is 11.5 Å². The first-order valence-corrected chi connectivity index (χ1v) is 8.36. The number of methoxy groups -OCH3 is 1. The van der Waals surface area contributed by atoms with E-state index < -0.39 is 11.3 Å². The molecule has 132 valence electrons. The summed E-state index contributed by atoms with van der Waals surface area (Å²) in [6.45, 7) is 7.92. The van der Waals surface area contributed by atoms with E-state index in [0.717, 1.165) is 11.3 Å². The van der Waals surface area contributed by atoms with Gasteiger partial charge in [-0.15, -0.1) is 0 Å². The van der Waals surface area contributed by atoms with Crippen LogP contribution in [0.4, 0.5) is 0 Å². The van der Waals surface area contributed by atoms with Crippen LogP contribution in [-0.4, -0.2) is 50.0 Å². The molecule has 1 amide bonds. The van der Waals surface area contributed by atoms with Crippen molar-refractivity contribution in [2.75, 3.05) is 33.4 Å². The van der Waals surface area contributed by atoms with Crippen LogP contribution < -0.4 is 4.74 Å². The lowest BCUT2D eigenvalue weighted by molar-refractivity contribution is -0.139. The molecule has 2 rings (SSSR count). The van der Waals surface area contributed by atoms with Crippen LogP contribution in [0.25, 0.3) is 0 Å². The number of morpholine rings is 1. The maximum atomic E-state index is 13.0.